The summed E-state index contributed by atoms with van der Waals surface area (Å²) in [6, 6.07) is 6.17. The molecular weight excluding hydrogens is 302 g/mol. The molecule has 2 aromatic heterocycles. The van der Waals surface area contributed by atoms with Crippen molar-refractivity contribution < 1.29 is 0 Å². The van der Waals surface area contributed by atoms with Crippen molar-refractivity contribution >= 4 is 23.3 Å². The van der Waals surface area contributed by atoms with Crippen LogP contribution in [0, 0.1) is 0 Å². The van der Waals surface area contributed by atoms with E-state index in [0.717, 1.165) is 50.9 Å². The second-order valence-electron chi connectivity index (χ2n) is 6.32. The topological polar surface area (TPSA) is 74.4 Å². The molecule has 7 heteroatoms. The average Bonchev–Trinajstić information content (AvgIpc) is 3.17. The molecule has 0 unspecified atom stereocenters. The first-order valence-corrected chi connectivity index (χ1v) is 8.59. The van der Waals surface area contributed by atoms with Crippen molar-refractivity contribution in [3.63, 3.8) is 0 Å². The third kappa shape index (κ3) is 3.06. The van der Waals surface area contributed by atoms with Gasteiger partial charge in [0.1, 0.15) is 11.6 Å². The highest BCUT2D eigenvalue weighted by Gasteiger charge is 2.21. The van der Waals surface area contributed by atoms with Crippen LogP contribution in [0.5, 0.6) is 0 Å². The van der Waals surface area contributed by atoms with Gasteiger partial charge in [-0.25, -0.2) is 0 Å². The fraction of sp³-hybridized carbons (Fsp3) is 0.471. The Morgan fingerprint density at radius 1 is 0.833 bits per heavy atom. The minimum absolute atomic E-state index is 0.365. The number of nitrogen functional groups attached to an aromatic ring is 1. The number of hydrogen-bond donors (Lipinski definition) is 1. The van der Waals surface area contributed by atoms with Crippen molar-refractivity contribution in [1.82, 2.24) is 15.0 Å². The highest BCUT2D eigenvalue weighted by Crippen LogP contribution is 2.25. The van der Waals surface area contributed by atoms with Crippen molar-refractivity contribution in [3.05, 3.63) is 30.6 Å². The Morgan fingerprint density at radius 2 is 1.46 bits per heavy atom. The SMILES string of the molecule is Nc1nc(N2CCCC2)cc(N2CCN(c3cccnc3)CC2)n1. The van der Waals surface area contributed by atoms with Crippen molar-refractivity contribution in [3.8, 4) is 0 Å². The monoisotopic (exact) mass is 325 g/mol. The van der Waals surface area contributed by atoms with Gasteiger partial charge in [0.05, 0.1) is 11.9 Å². The summed E-state index contributed by atoms with van der Waals surface area (Å²) >= 11 is 0. The lowest BCUT2D eigenvalue weighted by Gasteiger charge is -2.36. The van der Waals surface area contributed by atoms with Crippen LogP contribution in [0.2, 0.25) is 0 Å². The Morgan fingerprint density at radius 3 is 2.08 bits per heavy atom. The van der Waals surface area contributed by atoms with Crippen LogP contribution in [0.1, 0.15) is 12.8 Å². The predicted octanol–water partition coefficient (Wildman–Crippen LogP) is 1.38. The molecular formula is C17H23N7. The molecule has 2 N–H and O–H groups in total. The molecule has 2 aromatic rings. The summed E-state index contributed by atoms with van der Waals surface area (Å²) in [6.45, 7) is 5.87. The third-order valence-corrected chi connectivity index (χ3v) is 4.76. The van der Waals surface area contributed by atoms with Gasteiger partial charge in [0.25, 0.3) is 0 Å². The van der Waals surface area contributed by atoms with Gasteiger partial charge in [-0.15, -0.1) is 0 Å². The van der Waals surface area contributed by atoms with Crippen LogP contribution >= 0.6 is 0 Å². The normalized spacial score (nSPS) is 18.2. The molecule has 0 radical (unpaired) electrons. The molecule has 2 aliphatic rings. The predicted molar refractivity (Wildman–Crippen MR) is 96.6 cm³/mol. The van der Waals surface area contributed by atoms with E-state index < -0.39 is 0 Å². The maximum absolute atomic E-state index is 5.96. The Balaban J connectivity index is 1.47. The highest BCUT2D eigenvalue weighted by atomic mass is 15.3. The summed E-state index contributed by atoms with van der Waals surface area (Å²) in [4.78, 5) is 20.0. The van der Waals surface area contributed by atoms with E-state index in [9.17, 15) is 0 Å². The quantitative estimate of drug-likeness (QED) is 0.914. The summed E-state index contributed by atoms with van der Waals surface area (Å²) in [5, 5.41) is 0. The van der Waals surface area contributed by atoms with Gasteiger partial charge in [0, 0.05) is 51.5 Å². The Labute approximate surface area is 142 Å². The van der Waals surface area contributed by atoms with Crippen molar-refractivity contribution in [2.75, 3.05) is 59.7 Å². The smallest absolute Gasteiger partial charge is 0.223 e. The molecule has 4 rings (SSSR count). The summed E-state index contributed by atoms with van der Waals surface area (Å²) < 4.78 is 0. The number of nitrogens with two attached hydrogens (primary N) is 1. The van der Waals surface area contributed by atoms with E-state index in [4.69, 9.17) is 5.73 Å². The molecule has 0 aromatic carbocycles. The van der Waals surface area contributed by atoms with Gasteiger partial charge in [-0.3, -0.25) is 4.98 Å². The molecule has 0 atom stereocenters. The largest absolute Gasteiger partial charge is 0.368 e. The number of pyridine rings is 1. The number of anilines is 4. The van der Waals surface area contributed by atoms with Gasteiger partial charge in [-0.1, -0.05) is 0 Å². The Hall–Kier alpha value is -2.57. The second kappa shape index (κ2) is 6.51. The summed E-state index contributed by atoms with van der Waals surface area (Å²) in [5.41, 5.74) is 7.14. The highest BCUT2D eigenvalue weighted by molar-refractivity contribution is 5.55. The zero-order chi connectivity index (χ0) is 16.4. The zero-order valence-corrected chi connectivity index (χ0v) is 13.8. The first-order chi connectivity index (χ1) is 11.8. The van der Waals surface area contributed by atoms with Gasteiger partial charge in [0.2, 0.25) is 5.95 Å². The van der Waals surface area contributed by atoms with Crippen LogP contribution in [0.3, 0.4) is 0 Å². The van der Waals surface area contributed by atoms with Gasteiger partial charge < -0.3 is 20.4 Å². The van der Waals surface area contributed by atoms with Crippen LogP contribution in [-0.4, -0.2) is 54.2 Å². The molecule has 2 aliphatic heterocycles. The summed E-state index contributed by atoms with van der Waals surface area (Å²) in [5.74, 6) is 2.27. The molecule has 24 heavy (non-hydrogen) atoms. The molecule has 7 nitrogen and oxygen atoms in total. The standard InChI is InChI=1S/C17H23N7/c18-17-20-15(23-6-1-2-7-23)12-16(21-17)24-10-8-22(9-11-24)14-4-3-5-19-13-14/h3-5,12-13H,1-2,6-11H2,(H2,18,20,21). The number of nitrogens with zero attached hydrogens (tertiary/aromatic N) is 6. The maximum atomic E-state index is 5.96. The van der Waals surface area contributed by atoms with Crippen molar-refractivity contribution in [2.45, 2.75) is 12.8 Å². The van der Waals surface area contributed by atoms with Gasteiger partial charge in [-0.05, 0) is 25.0 Å². The molecule has 0 saturated carbocycles. The fourth-order valence-electron chi connectivity index (χ4n) is 3.44. The molecule has 2 saturated heterocycles. The van der Waals surface area contributed by atoms with E-state index in [2.05, 4.69) is 41.8 Å². The van der Waals surface area contributed by atoms with Crippen LogP contribution in [0.4, 0.5) is 23.3 Å². The van der Waals surface area contributed by atoms with Crippen LogP contribution in [0.15, 0.2) is 30.6 Å². The minimum atomic E-state index is 0.365. The lowest BCUT2D eigenvalue weighted by molar-refractivity contribution is 0.646. The lowest BCUT2D eigenvalue weighted by atomic mass is 10.2. The van der Waals surface area contributed by atoms with E-state index in [1.54, 1.807) is 0 Å². The maximum Gasteiger partial charge on any atom is 0.223 e. The van der Waals surface area contributed by atoms with Crippen LogP contribution < -0.4 is 20.4 Å². The molecule has 0 amide bonds. The van der Waals surface area contributed by atoms with E-state index >= 15 is 0 Å². The second-order valence-corrected chi connectivity index (χ2v) is 6.32. The molecule has 2 fully saturated rings. The number of rotatable bonds is 3. The number of aromatic nitrogens is 3. The van der Waals surface area contributed by atoms with E-state index in [-0.39, 0.29) is 0 Å². The Kier molecular flexibility index (Phi) is 4.06. The van der Waals surface area contributed by atoms with Crippen LogP contribution in [0.25, 0.3) is 0 Å². The van der Waals surface area contributed by atoms with E-state index in [1.165, 1.54) is 18.5 Å². The lowest BCUT2D eigenvalue weighted by Crippen LogP contribution is -2.47. The van der Waals surface area contributed by atoms with Crippen LogP contribution in [-0.2, 0) is 0 Å². The summed E-state index contributed by atoms with van der Waals surface area (Å²) in [7, 11) is 0. The van der Waals surface area contributed by atoms with Crippen molar-refractivity contribution in [1.29, 1.82) is 0 Å². The molecule has 126 valence electrons. The molecule has 0 bridgehead atoms. The molecule has 0 aliphatic carbocycles. The Bertz CT molecular complexity index is 677. The first-order valence-electron chi connectivity index (χ1n) is 8.59. The number of piperazine rings is 1. The van der Waals surface area contributed by atoms with Gasteiger partial charge in [-0.2, -0.15) is 9.97 Å². The summed E-state index contributed by atoms with van der Waals surface area (Å²) in [6.07, 6.45) is 6.18. The average molecular weight is 325 g/mol. The number of hydrogen-bond acceptors (Lipinski definition) is 7. The van der Waals surface area contributed by atoms with E-state index in [0.29, 0.717) is 5.95 Å². The molecule has 0 spiro atoms. The van der Waals surface area contributed by atoms with Crippen molar-refractivity contribution in [2.24, 2.45) is 0 Å². The third-order valence-electron chi connectivity index (χ3n) is 4.76. The van der Waals surface area contributed by atoms with E-state index in [1.807, 2.05) is 18.5 Å². The van der Waals surface area contributed by atoms with Gasteiger partial charge >= 0.3 is 0 Å². The zero-order valence-electron chi connectivity index (χ0n) is 13.8. The minimum Gasteiger partial charge on any atom is -0.368 e. The van der Waals surface area contributed by atoms with Gasteiger partial charge in [0.15, 0.2) is 0 Å². The fourth-order valence-corrected chi connectivity index (χ4v) is 3.44. The molecule has 4 heterocycles. The first kappa shape index (κ1) is 15.0.